The molecule has 5 nitrogen and oxygen atoms in total. The Hall–Kier alpha value is -1.05. The summed E-state index contributed by atoms with van der Waals surface area (Å²) in [5.41, 5.74) is -1.06. The van der Waals surface area contributed by atoms with Crippen LogP contribution in [0.4, 0.5) is 0 Å². The predicted molar refractivity (Wildman–Crippen MR) is 67.6 cm³/mol. The number of Topliss-reactive ketones (excluding diaryl/α,β-unsaturated/α-hetero) is 1. The number of rotatable bonds is 0. The molecule has 2 rings (SSSR count). The molecule has 1 aliphatic heterocycles. The number of nitrogens with zero attached hydrogens (tertiary/aromatic N) is 2. The molecule has 0 radical (unpaired) electrons. The maximum Gasteiger partial charge on any atom is 0.224 e. The number of hydrogen-bond donors (Lipinski definition) is 1. The summed E-state index contributed by atoms with van der Waals surface area (Å²) in [5.74, 6) is -0.683. The van der Waals surface area contributed by atoms with Gasteiger partial charge in [0.1, 0.15) is 0 Å². The van der Waals surface area contributed by atoms with Crippen LogP contribution in [0, 0.1) is 5.41 Å². The Labute approximate surface area is 106 Å². The highest BCUT2D eigenvalue weighted by Crippen LogP contribution is 2.31. The first-order valence-electron chi connectivity index (χ1n) is 4.77. The number of pyridine rings is 1. The lowest BCUT2D eigenvalue weighted by atomic mass is 9.84. The van der Waals surface area contributed by atoms with Crippen molar-refractivity contribution in [2.24, 2.45) is 5.41 Å². The smallest absolute Gasteiger partial charge is 0.224 e. The second-order valence-electron chi connectivity index (χ2n) is 4.43. The molecule has 0 aliphatic carbocycles. The zero-order chi connectivity index (χ0) is 12.1. The molecule has 2 heterocycles. The van der Waals surface area contributed by atoms with E-state index in [1.54, 1.807) is 17.1 Å². The highest BCUT2D eigenvalue weighted by atomic mass is 127. The zero-order valence-electron chi connectivity index (χ0n) is 8.90. The van der Waals surface area contributed by atoms with Gasteiger partial charge in [-0.15, -0.1) is 0 Å². The maximum atomic E-state index is 12.1. The van der Waals surface area contributed by atoms with Crippen molar-refractivity contribution in [3.05, 3.63) is 28.2 Å². The number of hydrogen-bond acceptors (Lipinski definition) is 4. The second-order valence-corrected chi connectivity index (χ2v) is 5.54. The second kappa shape index (κ2) is 3.47. The summed E-state index contributed by atoms with van der Waals surface area (Å²) < 4.78 is 3.28. The molecule has 0 spiro atoms. The first-order valence-corrected chi connectivity index (χ1v) is 5.74. The molecule has 0 saturated heterocycles. The van der Waals surface area contributed by atoms with E-state index in [2.05, 4.69) is 0 Å². The Kier molecular flexibility index (Phi) is 2.48. The van der Waals surface area contributed by atoms with Crippen LogP contribution < -0.4 is 8.65 Å². The number of ketones is 1. The molecule has 86 valence electrons. The Bertz CT molecular complexity index is 521. The van der Waals surface area contributed by atoms with Crippen molar-refractivity contribution >= 4 is 28.6 Å². The molecule has 16 heavy (non-hydrogen) atoms. The summed E-state index contributed by atoms with van der Waals surface area (Å²) in [5, 5.41) is 9.68. The van der Waals surface area contributed by atoms with E-state index in [0.717, 1.165) is 0 Å². The number of aromatic nitrogens is 1. The fourth-order valence-corrected chi connectivity index (χ4v) is 2.92. The van der Waals surface area contributed by atoms with E-state index in [0.29, 0.717) is 6.54 Å². The molecular formula is C10H11IN2O3. The summed E-state index contributed by atoms with van der Waals surface area (Å²) in [6.07, 6.45) is 1.50. The van der Waals surface area contributed by atoms with Gasteiger partial charge in [0.05, 0.1) is 29.4 Å². The number of fused-ring (bicyclic) bond motifs is 1. The fraction of sp³-hybridized carbons (Fsp3) is 0.400. The third-order valence-electron chi connectivity index (χ3n) is 2.64. The van der Waals surface area contributed by atoms with Gasteiger partial charge in [0.25, 0.3) is 0 Å². The molecular weight excluding hydrogens is 323 g/mol. The van der Waals surface area contributed by atoms with Gasteiger partial charge < -0.3 is 5.11 Å². The van der Waals surface area contributed by atoms with E-state index in [-0.39, 0.29) is 11.5 Å². The van der Waals surface area contributed by atoms with Gasteiger partial charge in [0, 0.05) is 17.7 Å². The van der Waals surface area contributed by atoms with E-state index in [1.807, 2.05) is 22.9 Å². The van der Waals surface area contributed by atoms with E-state index >= 15 is 0 Å². The van der Waals surface area contributed by atoms with Crippen molar-refractivity contribution in [1.82, 2.24) is 4.68 Å². The first-order chi connectivity index (χ1) is 7.34. The summed E-state index contributed by atoms with van der Waals surface area (Å²) in [7, 11) is 0. The largest absolute Gasteiger partial charge is 0.503 e. The third kappa shape index (κ3) is 1.51. The van der Waals surface area contributed by atoms with Crippen LogP contribution in [0.25, 0.3) is 0 Å². The van der Waals surface area contributed by atoms with Crippen molar-refractivity contribution < 1.29 is 9.90 Å². The van der Waals surface area contributed by atoms with Crippen molar-refractivity contribution in [1.29, 1.82) is 0 Å². The van der Waals surface area contributed by atoms with Crippen LogP contribution in [-0.4, -0.2) is 22.1 Å². The minimum Gasteiger partial charge on any atom is -0.503 e. The molecule has 1 aliphatic rings. The van der Waals surface area contributed by atoms with Crippen LogP contribution in [0.3, 0.4) is 0 Å². The van der Waals surface area contributed by atoms with Gasteiger partial charge >= 0.3 is 0 Å². The normalized spacial score (nSPS) is 18.4. The van der Waals surface area contributed by atoms with Gasteiger partial charge in [-0.2, -0.15) is 0 Å². The molecule has 0 unspecified atom stereocenters. The lowest BCUT2D eigenvalue weighted by molar-refractivity contribution is 0.0809. The average molecular weight is 334 g/mol. The average Bonchev–Trinajstić information content (AvgIpc) is 2.18. The standard InChI is InChI=1S/C10H11IN2O3/c1-10(2)5-13(11)12-4-3-6(14)8(15)7(12)9(10)16/h3-4,15H,5H2,1-2H3. The van der Waals surface area contributed by atoms with Gasteiger partial charge in [-0.05, 0) is 0 Å². The highest BCUT2D eigenvalue weighted by Gasteiger charge is 2.39. The molecule has 6 heteroatoms. The maximum absolute atomic E-state index is 12.1. The monoisotopic (exact) mass is 334 g/mol. The summed E-state index contributed by atoms with van der Waals surface area (Å²) >= 11 is 2.04. The van der Waals surface area contributed by atoms with E-state index in [9.17, 15) is 14.7 Å². The van der Waals surface area contributed by atoms with Crippen LogP contribution in [0.2, 0.25) is 0 Å². The first kappa shape index (κ1) is 11.4. The molecule has 0 amide bonds. The molecule has 1 aromatic heterocycles. The van der Waals surface area contributed by atoms with Crippen LogP contribution >= 0.6 is 22.9 Å². The summed E-state index contributed by atoms with van der Waals surface area (Å²) in [4.78, 5) is 23.4. The number of halogens is 1. The van der Waals surface area contributed by atoms with Crippen LogP contribution in [-0.2, 0) is 0 Å². The lowest BCUT2D eigenvalue weighted by Gasteiger charge is -2.36. The minimum absolute atomic E-state index is 0.0677. The van der Waals surface area contributed by atoms with Gasteiger partial charge in [-0.3, -0.25) is 12.8 Å². The van der Waals surface area contributed by atoms with Gasteiger partial charge in [0.2, 0.25) is 5.43 Å². The van der Waals surface area contributed by atoms with Gasteiger partial charge in [0.15, 0.2) is 17.2 Å². The molecule has 0 aromatic carbocycles. The number of carbonyl (C=O) groups excluding carboxylic acids is 1. The van der Waals surface area contributed by atoms with E-state index < -0.39 is 16.6 Å². The van der Waals surface area contributed by atoms with Crippen molar-refractivity contribution in [2.45, 2.75) is 13.8 Å². The van der Waals surface area contributed by atoms with E-state index in [4.69, 9.17) is 0 Å². The number of aromatic hydroxyl groups is 1. The Morgan fingerprint density at radius 2 is 2.06 bits per heavy atom. The summed E-state index contributed by atoms with van der Waals surface area (Å²) in [6.45, 7) is 4.12. The fourth-order valence-electron chi connectivity index (χ4n) is 1.70. The van der Waals surface area contributed by atoms with Gasteiger partial charge in [-0.1, -0.05) is 13.8 Å². The van der Waals surface area contributed by atoms with Crippen LogP contribution in [0.15, 0.2) is 17.1 Å². The topological polar surface area (TPSA) is 62.5 Å². The molecule has 0 saturated carbocycles. The Balaban J connectivity index is 2.75. The van der Waals surface area contributed by atoms with Crippen LogP contribution in [0.5, 0.6) is 5.75 Å². The SMILES string of the molecule is CC1(C)CN(I)n2ccc(=O)c(O)c2C1=O. The Morgan fingerprint density at radius 3 is 2.69 bits per heavy atom. The summed E-state index contributed by atoms with van der Waals surface area (Å²) in [6, 6.07) is 1.25. The lowest BCUT2D eigenvalue weighted by Crippen LogP contribution is -2.47. The molecule has 1 N–H and O–H groups in total. The van der Waals surface area contributed by atoms with Crippen molar-refractivity contribution in [3.63, 3.8) is 0 Å². The van der Waals surface area contributed by atoms with E-state index in [1.165, 1.54) is 16.9 Å². The third-order valence-corrected chi connectivity index (χ3v) is 3.45. The molecule has 0 bridgehead atoms. The zero-order valence-corrected chi connectivity index (χ0v) is 11.1. The van der Waals surface area contributed by atoms with Crippen molar-refractivity contribution in [3.8, 4) is 5.75 Å². The molecule has 0 atom stereocenters. The number of carbonyl (C=O) groups is 1. The molecule has 1 aromatic rings. The Morgan fingerprint density at radius 1 is 1.44 bits per heavy atom. The highest BCUT2D eigenvalue weighted by molar-refractivity contribution is 14.1. The van der Waals surface area contributed by atoms with Crippen LogP contribution in [0.1, 0.15) is 24.3 Å². The predicted octanol–water partition coefficient (Wildman–Crippen LogP) is 1.06. The van der Waals surface area contributed by atoms with Gasteiger partial charge in [-0.25, -0.2) is 4.68 Å². The van der Waals surface area contributed by atoms with Crippen molar-refractivity contribution in [2.75, 3.05) is 9.77 Å². The quantitative estimate of drug-likeness (QED) is 0.569. The minimum atomic E-state index is -0.605. The molecule has 0 fully saturated rings.